The third kappa shape index (κ3) is 2.13. The first-order valence-electron chi connectivity index (χ1n) is 6.31. The summed E-state index contributed by atoms with van der Waals surface area (Å²) in [5.41, 5.74) is 9.16. The van der Waals surface area contributed by atoms with Crippen LogP contribution in [0.15, 0.2) is 36.4 Å². The van der Waals surface area contributed by atoms with Gasteiger partial charge in [-0.2, -0.15) is 0 Å². The Balaban J connectivity index is 2.30. The van der Waals surface area contributed by atoms with Gasteiger partial charge in [0.1, 0.15) is 5.82 Å². The van der Waals surface area contributed by atoms with Gasteiger partial charge in [-0.1, -0.05) is 23.2 Å². The lowest BCUT2D eigenvalue weighted by Gasteiger charge is -2.08. The zero-order chi connectivity index (χ0) is 14.3. The topological polar surface area (TPSA) is 43.8 Å². The number of benzene rings is 2. The van der Waals surface area contributed by atoms with E-state index in [0.29, 0.717) is 15.7 Å². The Morgan fingerprint density at radius 2 is 1.95 bits per heavy atom. The van der Waals surface area contributed by atoms with Crippen LogP contribution >= 0.6 is 23.2 Å². The van der Waals surface area contributed by atoms with E-state index in [1.54, 1.807) is 6.07 Å². The quantitative estimate of drug-likeness (QED) is 0.702. The van der Waals surface area contributed by atoms with E-state index in [-0.39, 0.29) is 0 Å². The molecular weight excluding hydrogens is 293 g/mol. The molecule has 3 rings (SSSR count). The molecule has 0 bridgehead atoms. The number of nitrogens with two attached hydrogens (primary N) is 1. The highest BCUT2D eigenvalue weighted by molar-refractivity contribution is 6.33. The molecule has 0 radical (unpaired) electrons. The summed E-state index contributed by atoms with van der Waals surface area (Å²) >= 11 is 12.3. The summed E-state index contributed by atoms with van der Waals surface area (Å²) in [6.07, 6.45) is 0. The fourth-order valence-electron chi connectivity index (χ4n) is 2.34. The first-order chi connectivity index (χ1) is 9.60. The molecule has 2 aromatic carbocycles. The summed E-state index contributed by atoms with van der Waals surface area (Å²) in [7, 11) is 0. The Hall–Kier alpha value is -1.71. The first kappa shape index (κ1) is 13.3. The van der Waals surface area contributed by atoms with E-state index < -0.39 is 0 Å². The number of hydrogen-bond donors (Lipinski definition) is 1. The van der Waals surface area contributed by atoms with Crippen molar-refractivity contribution in [1.29, 1.82) is 0 Å². The van der Waals surface area contributed by atoms with Crippen LogP contribution < -0.4 is 5.73 Å². The monoisotopic (exact) mass is 305 g/mol. The van der Waals surface area contributed by atoms with E-state index >= 15 is 0 Å². The van der Waals surface area contributed by atoms with Gasteiger partial charge < -0.3 is 10.3 Å². The maximum absolute atomic E-state index is 6.29. The van der Waals surface area contributed by atoms with Crippen LogP contribution in [0.5, 0.6) is 0 Å². The lowest BCUT2D eigenvalue weighted by atomic mass is 10.2. The number of aromatic nitrogens is 2. The van der Waals surface area contributed by atoms with Gasteiger partial charge in [-0.3, -0.25) is 0 Å². The third-order valence-corrected chi connectivity index (χ3v) is 3.81. The lowest BCUT2D eigenvalue weighted by molar-refractivity contribution is 0.796. The number of anilines is 1. The van der Waals surface area contributed by atoms with Crippen molar-refractivity contribution < 1.29 is 0 Å². The van der Waals surface area contributed by atoms with Crippen LogP contribution in [-0.4, -0.2) is 9.55 Å². The van der Waals surface area contributed by atoms with Crippen molar-refractivity contribution in [3.63, 3.8) is 0 Å². The summed E-state index contributed by atoms with van der Waals surface area (Å²) in [6, 6.07) is 11.2. The molecule has 3 nitrogen and oxygen atoms in total. The van der Waals surface area contributed by atoms with Crippen molar-refractivity contribution in [1.82, 2.24) is 9.55 Å². The molecule has 2 N–H and O–H groups in total. The van der Waals surface area contributed by atoms with E-state index in [2.05, 4.69) is 16.5 Å². The highest BCUT2D eigenvalue weighted by atomic mass is 35.5. The van der Waals surface area contributed by atoms with Gasteiger partial charge in [0, 0.05) is 22.8 Å². The lowest BCUT2D eigenvalue weighted by Crippen LogP contribution is -1.98. The Bertz CT molecular complexity index is 793. The molecule has 0 amide bonds. The number of rotatable bonds is 2. The van der Waals surface area contributed by atoms with Crippen LogP contribution in [-0.2, 0) is 6.54 Å². The number of aryl methyl sites for hydroxylation is 1. The number of nitrogens with zero attached hydrogens (tertiary/aromatic N) is 2. The summed E-state index contributed by atoms with van der Waals surface area (Å²) in [5.74, 6) is 0.828. The van der Waals surface area contributed by atoms with E-state index in [1.165, 1.54) is 0 Å². The molecule has 102 valence electrons. The highest BCUT2D eigenvalue weighted by Gasteiger charge is 2.14. The summed E-state index contributed by atoms with van der Waals surface area (Å²) in [5, 5.41) is 1.27. The third-order valence-electron chi connectivity index (χ3n) is 3.26. The molecule has 0 aliphatic rings. The second kappa shape index (κ2) is 5.00. The van der Waals surface area contributed by atoms with Crippen LogP contribution in [0.2, 0.25) is 10.0 Å². The molecule has 0 unspecified atom stereocenters. The number of imidazole rings is 1. The molecular formula is C15H13Cl2N3. The molecule has 0 atom stereocenters. The molecule has 0 spiro atoms. The Morgan fingerprint density at radius 1 is 1.15 bits per heavy atom. The number of fused-ring (bicyclic) bond motifs is 1. The molecule has 5 heteroatoms. The summed E-state index contributed by atoms with van der Waals surface area (Å²) < 4.78 is 2.11. The van der Waals surface area contributed by atoms with Crippen LogP contribution in [0.1, 0.15) is 6.92 Å². The Morgan fingerprint density at radius 3 is 2.65 bits per heavy atom. The van der Waals surface area contributed by atoms with E-state index in [1.807, 2.05) is 30.3 Å². The summed E-state index contributed by atoms with van der Waals surface area (Å²) in [4.78, 5) is 4.66. The fraction of sp³-hybridized carbons (Fsp3) is 0.133. The zero-order valence-corrected chi connectivity index (χ0v) is 12.4. The molecule has 20 heavy (non-hydrogen) atoms. The zero-order valence-electron chi connectivity index (χ0n) is 10.9. The minimum atomic E-state index is 0.598. The Kier molecular flexibility index (Phi) is 3.32. The molecule has 0 fully saturated rings. The van der Waals surface area contributed by atoms with E-state index in [0.717, 1.165) is 29.0 Å². The standard InChI is InChI=1S/C15H13Cl2N3/c1-2-20-14-6-3-9(16)7-13(14)19-15(20)11-5-4-10(18)8-12(11)17/h3-8H,2,18H2,1H3. The fourth-order valence-corrected chi connectivity index (χ4v) is 2.78. The predicted molar refractivity (Wildman–Crippen MR) is 85.3 cm³/mol. The van der Waals surface area contributed by atoms with Gasteiger partial charge >= 0.3 is 0 Å². The van der Waals surface area contributed by atoms with Crippen LogP contribution in [0.4, 0.5) is 5.69 Å². The molecule has 0 aliphatic carbocycles. The van der Waals surface area contributed by atoms with Crippen molar-refractivity contribution in [3.05, 3.63) is 46.4 Å². The number of hydrogen-bond acceptors (Lipinski definition) is 2. The van der Waals surface area contributed by atoms with Crippen molar-refractivity contribution in [3.8, 4) is 11.4 Å². The smallest absolute Gasteiger partial charge is 0.142 e. The van der Waals surface area contributed by atoms with E-state index in [9.17, 15) is 0 Å². The molecule has 0 saturated carbocycles. The SMILES string of the molecule is CCn1c(-c2ccc(N)cc2Cl)nc2cc(Cl)ccc21. The van der Waals surface area contributed by atoms with Gasteiger partial charge in [0.15, 0.2) is 0 Å². The largest absolute Gasteiger partial charge is 0.399 e. The van der Waals surface area contributed by atoms with Gasteiger partial charge in [-0.05, 0) is 43.3 Å². The minimum absolute atomic E-state index is 0.598. The summed E-state index contributed by atoms with van der Waals surface area (Å²) in [6.45, 7) is 2.87. The maximum atomic E-state index is 6.29. The van der Waals surface area contributed by atoms with E-state index in [4.69, 9.17) is 28.9 Å². The van der Waals surface area contributed by atoms with Crippen LogP contribution in [0.3, 0.4) is 0 Å². The normalized spacial score (nSPS) is 11.2. The predicted octanol–water partition coefficient (Wildman–Crippen LogP) is 4.61. The highest BCUT2D eigenvalue weighted by Crippen LogP contribution is 2.32. The van der Waals surface area contributed by atoms with Crippen LogP contribution in [0.25, 0.3) is 22.4 Å². The van der Waals surface area contributed by atoms with Gasteiger partial charge in [-0.25, -0.2) is 4.98 Å². The number of halogens is 2. The van der Waals surface area contributed by atoms with Gasteiger partial charge in [0.25, 0.3) is 0 Å². The van der Waals surface area contributed by atoms with Crippen molar-refractivity contribution in [2.45, 2.75) is 13.5 Å². The maximum Gasteiger partial charge on any atom is 0.142 e. The molecule has 0 aliphatic heterocycles. The van der Waals surface area contributed by atoms with Gasteiger partial charge in [0.05, 0.1) is 16.1 Å². The molecule has 0 saturated heterocycles. The second-order valence-corrected chi connectivity index (χ2v) is 5.40. The average Bonchev–Trinajstić information content (AvgIpc) is 2.75. The van der Waals surface area contributed by atoms with Crippen molar-refractivity contribution >= 4 is 39.9 Å². The first-order valence-corrected chi connectivity index (χ1v) is 7.07. The van der Waals surface area contributed by atoms with Crippen LogP contribution in [0, 0.1) is 0 Å². The average molecular weight is 306 g/mol. The minimum Gasteiger partial charge on any atom is -0.399 e. The number of nitrogen functional groups attached to an aromatic ring is 1. The molecule has 1 aromatic heterocycles. The van der Waals surface area contributed by atoms with Gasteiger partial charge in [-0.15, -0.1) is 0 Å². The Labute approximate surface area is 126 Å². The van der Waals surface area contributed by atoms with Crippen molar-refractivity contribution in [2.24, 2.45) is 0 Å². The second-order valence-electron chi connectivity index (χ2n) is 4.55. The molecule has 3 aromatic rings. The van der Waals surface area contributed by atoms with Crippen molar-refractivity contribution in [2.75, 3.05) is 5.73 Å². The van der Waals surface area contributed by atoms with Gasteiger partial charge in [0.2, 0.25) is 0 Å². The molecule has 1 heterocycles.